The molecule has 0 saturated carbocycles. The molecule has 7 heteroatoms. The maximum Gasteiger partial charge on any atom is 0.391 e. The van der Waals surface area contributed by atoms with Gasteiger partial charge >= 0.3 is 6.18 Å². The van der Waals surface area contributed by atoms with Crippen molar-refractivity contribution in [3.63, 3.8) is 0 Å². The number of hydrogen-bond donors (Lipinski definition) is 2. The molecule has 0 bridgehead atoms. The zero-order chi connectivity index (χ0) is 13.8. The van der Waals surface area contributed by atoms with Gasteiger partial charge in [-0.15, -0.1) is 0 Å². The van der Waals surface area contributed by atoms with Crippen molar-refractivity contribution in [3.05, 3.63) is 11.9 Å². The molecule has 0 aliphatic heterocycles. The monoisotopic (exact) mass is 262 g/mol. The summed E-state index contributed by atoms with van der Waals surface area (Å²) in [5.41, 5.74) is 5.58. The van der Waals surface area contributed by atoms with Crippen LogP contribution in [0.15, 0.2) is 6.07 Å². The van der Waals surface area contributed by atoms with E-state index in [4.69, 9.17) is 5.73 Å². The molecule has 0 amide bonds. The van der Waals surface area contributed by atoms with E-state index in [0.29, 0.717) is 18.1 Å². The van der Waals surface area contributed by atoms with Crippen LogP contribution in [0, 0.1) is 0 Å². The first-order valence-corrected chi connectivity index (χ1v) is 5.77. The van der Waals surface area contributed by atoms with Crippen molar-refractivity contribution in [1.29, 1.82) is 0 Å². The Morgan fingerprint density at radius 1 is 1.39 bits per heavy atom. The number of nitrogen functional groups attached to an aromatic ring is 1. The smallest absolute Gasteiger partial charge is 0.384 e. The predicted molar refractivity (Wildman–Crippen MR) is 64.2 cm³/mol. The lowest BCUT2D eigenvalue weighted by Gasteiger charge is -2.16. The summed E-state index contributed by atoms with van der Waals surface area (Å²) in [4.78, 5) is 8.13. The second kappa shape index (κ2) is 5.88. The third kappa shape index (κ3) is 5.20. The summed E-state index contributed by atoms with van der Waals surface area (Å²) < 4.78 is 36.6. The Morgan fingerprint density at radius 3 is 2.61 bits per heavy atom. The van der Waals surface area contributed by atoms with Crippen LogP contribution in [-0.4, -0.2) is 22.2 Å². The van der Waals surface area contributed by atoms with Gasteiger partial charge in [-0.3, -0.25) is 0 Å². The van der Waals surface area contributed by atoms with E-state index in [0.717, 1.165) is 6.42 Å². The molecule has 0 aliphatic rings. The minimum absolute atomic E-state index is 0.259. The Bertz CT molecular complexity index is 392. The van der Waals surface area contributed by atoms with Gasteiger partial charge in [-0.25, -0.2) is 9.97 Å². The van der Waals surface area contributed by atoms with Gasteiger partial charge < -0.3 is 11.1 Å². The first-order valence-electron chi connectivity index (χ1n) is 5.77. The fourth-order valence-electron chi connectivity index (χ4n) is 1.58. The molecular weight excluding hydrogens is 245 g/mol. The quantitative estimate of drug-likeness (QED) is 0.856. The van der Waals surface area contributed by atoms with Gasteiger partial charge in [0.2, 0.25) is 0 Å². The molecule has 4 nitrogen and oxygen atoms in total. The number of nitrogens with one attached hydrogen (secondary N) is 1. The van der Waals surface area contributed by atoms with Crippen molar-refractivity contribution in [3.8, 4) is 0 Å². The van der Waals surface area contributed by atoms with Gasteiger partial charge in [-0.05, 0) is 13.3 Å². The summed E-state index contributed by atoms with van der Waals surface area (Å²) in [5, 5.41) is 2.69. The highest BCUT2D eigenvalue weighted by atomic mass is 19.4. The van der Waals surface area contributed by atoms with Crippen LogP contribution in [0.25, 0.3) is 0 Å². The first-order chi connectivity index (χ1) is 8.30. The average molecular weight is 262 g/mol. The molecule has 0 saturated heterocycles. The maximum atomic E-state index is 12.2. The zero-order valence-corrected chi connectivity index (χ0v) is 10.4. The SMILES string of the molecule is CCCc1nc(N)cc(NC(C)CC(F)(F)F)n1. The molecule has 0 aromatic carbocycles. The van der Waals surface area contributed by atoms with E-state index in [1.807, 2.05) is 6.92 Å². The van der Waals surface area contributed by atoms with Gasteiger partial charge in [0.15, 0.2) is 0 Å². The van der Waals surface area contributed by atoms with Crippen molar-refractivity contribution in [2.75, 3.05) is 11.1 Å². The summed E-state index contributed by atoms with van der Waals surface area (Å²) >= 11 is 0. The van der Waals surface area contributed by atoms with Gasteiger partial charge in [0.1, 0.15) is 17.5 Å². The summed E-state index contributed by atoms with van der Waals surface area (Å²) in [6, 6.07) is 0.681. The molecule has 1 atom stereocenters. The first kappa shape index (κ1) is 14.5. The Hall–Kier alpha value is -1.53. The summed E-state index contributed by atoms with van der Waals surface area (Å²) in [5.74, 6) is 1.14. The summed E-state index contributed by atoms with van der Waals surface area (Å²) in [7, 11) is 0. The van der Waals surface area contributed by atoms with Crippen molar-refractivity contribution in [2.24, 2.45) is 0 Å². The maximum absolute atomic E-state index is 12.2. The van der Waals surface area contributed by atoms with Crippen LogP contribution in [0.5, 0.6) is 0 Å². The van der Waals surface area contributed by atoms with Gasteiger partial charge in [0.25, 0.3) is 0 Å². The molecule has 1 aromatic heterocycles. The van der Waals surface area contributed by atoms with Crippen molar-refractivity contribution < 1.29 is 13.2 Å². The van der Waals surface area contributed by atoms with Crippen LogP contribution >= 0.6 is 0 Å². The molecule has 102 valence electrons. The van der Waals surface area contributed by atoms with Crippen LogP contribution in [0.3, 0.4) is 0 Å². The van der Waals surface area contributed by atoms with Crippen molar-refractivity contribution in [1.82, 2.24) is 9.97 Å². The van der Waals surface area contributed by atoms with E-state index in [1.54, 1.807) is 0 Å². The Morgan fingerprint density at radius 2 is 2.06 bits per heavy atom. The van der Waals surface area contributed by atoms with Crippen LogP contribution < -0.4 is 11.1 Å². The van der Waals surface area contributed by atoms with E-state index in [-0.39, 0.29) is 5.82 Å². The molecule has 1 unspecified atom stereocenters. The average Bonchev–Trinajstić information content (AvgIpc) is 2.12. The van der Waals surface area contributed by atoms with Crippen LogP contribution in [0.1, 0.15) is 32.5 Å². The fourth-order valence-corrected chi connectivity index (χ4v) is 1.58. The molecule has 0 aliphatic carbocycles. The number of nitrogens with two attached hydrogens (primary N) is 1. The number of hydrogen-bond acceptors (Lipinski definition) is 4. The number of alkyl halides is 3. The lowest BCUT2D eigenvalue weighted by Crippen LogP contribution is -2.24. The molecule has 0 fully saturated rings. The van der Waals surface area contributed by atoms with Crippen molar-refractivity contribution >= 4 is 11.6 Å². The third-order valence-electron chi connectivity index (χ3n) is 2.20. The molecule has 0 radical (unpaired) electrons. The Kier molecular flexibility index (Phi) is 4.75. The number of halogens is 3. The number of aryl methyl sites for hydroxylation is 1. The highest BCUT2D eigenvalue weighted by Gasteiger charge is 2.30. The minimum Gasteiger partial charge on any atom is -0.384 e. The lowest BCUT2D eigenvalue weighted by molar-refractivity contribution is -0.136. The van der Waals surface area contributed by atoms with Gasteiger partial charge in [0.05, 0.1) is 6.42 Å². The Labute approximate surface area is 104 Å². The van der Waals surface area contributed by atoms with Crippen LogP contribution in [0.2, 0.25) is 0 Å². The van der Waals surface area contributed by atoms with Crippen molar-refractivity contribution in [2.45, 2.75) is 45.3 Å². The molecule has 1 aromatic rings. The third-order valence-corrected chi connectivity index (χ3v) is 2.20. The fraction of sp³-hybridized carbons (Fsp3) is 0.636. The molecule has 1 rings (SSSR count). The molecule has 18 heavy (non-hydrogen) atoms. The molecule has 1 heterocycles. The van der Waals surface area contributed by atoms with Crippen LogP contribution in [0.4, 0.5) is 24.8 Å². The Balaban J connectivity index is 2.71. The predicted octanol–water partition coefficient (Wildman–Crippen LogP) is 2.76. The highest BCUT2D eigenvalue weighted by molar-refractivity contribution is 5.45. The topological polar surface area (TPSA) is 63.8 Å². The van der Waals surface area contributed by atoms with E-state index in [2.05, 4.69) is 15.3 Å². The van der Waals surface area contributed by atoms with Gasteiger partial charge in [0, 0.05) is 18.5 Å². The number of anilines is 2. The zero-order valence-electron chi connectivity index (χ0n) is 10.4. The van der Waals surface area contributed by atoms with Gasteiger partial charge in [-0.2, -0.15) is 13.2 Å². The second-order valence-electron chi connectivity index (χ2n) is 4.21. The van der Waals surface area contributed by atoms with E-state index < -0.39 is 18.6 Å². The molecular formula is C11H17F3N4. The number of rotatable bonds is 5. The normalized spacial score (nSPS) is 13.4. The molecule has 0 spiro atoms. The van der Waals surface area contributed by atoms with E-state index in [9.17, 15) is 13.2 Å². The standard InChI is InChI=1S/C11H17F3N4/c1-3-4-9-17-8(15)5-10(18-9)16-7(2)6-11(12,13)14/h5,7H,3-4,6H2,1-2H3,(H3,15,16,17,18). The van der Waals surface area contributed by atoms with E-state index >= 15 is 0 Å². The lowest BCUT2D eigenvalue weighted by atomic mass is 10.2. The largest absolute Gasteiger partial charge is 0.391 e. The van der Waals surface area contributed by atoms with Crippen LogP contribution in [-0.2, 0) is 6.42 Å². The number of aromatic nitrogens is 2. The second-order valence-corrected chi connectivity index (χ2v) is 4.21. The summed E-state index contributed by atoms with van der Waals surface area (Å²) in [6.07, 6.45) is -3.62. The van der Waals surface area contributed by atoms with Gasteiger partial charge in [-0.1, -0.05) is 6.92 Å². The minimum atomic E-state index is -4.20. The highest BCUT2D eigenvalue weighted by Crippen LogP contribution is 2.23. The molecule has 3 N–H and O–H groups in total. The summed E-state index contributed by atoms with van der Waals surface area (Å²) in [6.45, 7) is 3.41. The van der Waals surface area contributed by atoms with E-state index in [1.165, 1.54) is 13.0 Å². The number of nitrogens with zero attached hydrogens (tertiary/aromatic N) is 2.